The Hall–Kier alpha value is -2.73. The molecule has 2 aromatic heterocycles. The summed E-state index contributed by atoms with van der Waals surface area (Å²) in [5.41, 5.74) is 1.44. The Bertz CT molecular complexity index is 818. The number of nitrogens with zero attached hydrogens (tertiary/aromatic N) is 2. The first kappa shape index (κ1) is 14.2. The van der Waals surface area contributed by atoms with Crippen molar-refractivity contribution in [3.05, 3.63) is 65.4 Å². The minimum Gasteiger partial charge on any atom is -0.350 e. The predicted molar refractivity (Wildman–Crippen MR) is 79.1 cm³/mol. The molecule has 0 unspecified atom stereocenters. The number of benzene rings is 1. The van der Waals surface area contributed by atoms with Gasteiger partial charge in [-0.25, -0.2) is 9.37 Å². The number of halogens is 2. The number of rotatable bonds is 3. The van der Waals surface area contributed by atoms with Crippen LogP contribution >= 0.6 is 11.6 Å². The van der Waals surface area contributed by atoms with Crippen LogP contribution in [0.5, 0.6) is 0 Å². The molecule has 7 heteroatoms. The highest BCUT2D eigenvalue weighted by atomic mass is 35.5. The normalized spacial score (nSPS) is 10.5. The molecule has 2 heterocycles. The molecule has 0 aliphatic rings. The summed E-state index contributed by atoms with van der Waals surface area (Å²) >= 11 is 5.86. The molecule has 3 rings (SSSR count). The van der Waals surface area contributed by atoms with E-state index in [0.717, 1.165) is 0 Å². The number of carbonyl (C=O) groups is 1. The molecule has 0 atom stereocenters. The van der Waals surface area contributed by atoms with E-state index in [-0.39, 0.29) is 16.7 Å². The van der Waals surface area contributed by atoms with Gasteiger partial charge in [0.1, 0.15) is 11.5 Å². The van der Waals surface area contributed by atoms with E-state index in [1.807, 2.05) is 0 Å². The van der Waals surface area contributed by atoms with Crippen molar-refractivity contribution in [2.45, 2.75) is 0 Å². The first-order chi connectivity index (χ1) is 10.6. The van der Waals surface area contributed by atoms with Crippen LogP contribution in [-0.4, -0.2) is 16.0 Å². The van der Waals surface area contributed by atoms with Gasteiger partial charge in [-0.15, -0.1) is 0 Å². The zero-order valence-electron chi connectivity index (χ0n) is 11.1. The smallest absolute Gasteiger partial charge is 0.294 e. The number of carbonyl (C=O) groups excluding carboxylic acids is 1. The zero-order chi connectivity index (χ0) is 15.5. The molecule has 0 fully saturated rings. The lowest BCUT2D eigenvalue weighted by molar-refractivity contribution is 0.0988. The van der Waals surface area contributed by atoms with Crippen molar-refractivity contribution >= 4 is 23.2 Å². The maximum Gasteiger partial charge on any atom is 0.294 e. The van der Waals surface area contributed by atoms with Gasteiger partial charge in [-0.2, -0.15) is 0 Å². The second kappa shape index (κ2) is 5.95. The number of nitrogens with one attached hydrogen (secondary N) is 1. The zero-order valence-corrected chi connectivity index (χ0v) is 11.8. The van der Waals surface area contributed by atoms with Crippen molar-refractivity contribution in [2.75, 3.05) is 5.32 Å². The Morgan fingerprint density at radius 1 is 1.23 bits per heavy atom. The molecule has 22 heavy (non-hydrogen) atoms. The van der Waals surface area contributed by atoms with Gasteiger partial charge in [0.05, 0.1) is 5.69 Å². The van der Waals surface area contributed by atoms with E-state index < -0.39 is 5.91 Å². The van der Waals surface area contributed by atoms with E-state index in [0.29, 0.717) is 16.9 Å². The SMILES string of the molecule is O=C(Nc1cccnc1Cl)c1cc(-c2ccc(F)cc2)no1. The highest BCUT2D eigenvalue weighted by molar-refractivity contribution is 6.32. The maximum absolute atomic E-state index is 12.9. The Kier molecular flexibility index (Phi) is 3.84. The van der Waals surface area contributed by atoms with Crippen molar-refractivity contribution in [2.24, 2.45) is 0 Å². The fraction of sp³-hybridized carbons (Fsp3) is 0. The molecule has 1 amide bonds. The van der Waals surface area contributed by atoms with Crippen molar-refractivity contribution in [3.63, 3.8) is 0 Å². The Labute approximate surface area is 129 Å². The van der Waals surface area contributed by atoms with Crippen LogP contribution in [0, 0.1) is 5.82 Å². The van der Waals surface area contributed by atoms with Gasteiger partial charge in [0.25, 0.3) is 5.91 Å². The topological polar surface area (TPSA) is 68.0 Å². The second-order valence-electron chi connectivity index (χ2n) is 4.38. The van der Waals surface area contributed by atoms with Gasteiger partial charge in [0, 0.05) is 17.8 Å². The van der Waals surface area contributed by atoms with Gasteiger partial charge >= 0.3 is 0 Å². The summed E-state index contributed by atoms with van der Waals surface area (Å²) in [6.45, 7) is 0. The molecule has 5 nitrogen and oxygen atoms in total. The first-order valence-corrected chi connectivity index (χ1v) is 6.66. The number of aromatic nitrogens is 2. The third kappa shape index (κ3) is 2.96. The molecule has 0 radical (unpaired) electrons. The summed E-state index contributed by atoms with van der Waals surface area (Å²) in [5.74, 6) is -0.841. The van der Waals surface area contributed by atoms with Crippen LogP contribution in [0.1, 0.15) is 10.6 Å². The summed E-state index contributed by atoms with van der Waals surface area (Å²) in [6, 6.07) is 10.4. The van der Waals surface area contributed by atoms with E-state index in [4.69, 9.17) is 16.1 Å². The molecule has 3 aromatic rings. The van der Waals surface area contributed by atoms with Gasteiger partial charge in [-0.3, -0.25) is 4.79 Å². The molecule has 1 aromatic carbocycles. The van der Waals surface area contributed by atoms with E-state index in [2.05, 4.69) is 15.5 Å². The standard InChI is InChI=1S/C15H9ClFN3O2/c16-14-11(2-1-7-18-14)19-15(21)13-8-12(20-22-13)9-3-5-10(17)6-4-9/h1-8H,(H,19,21). The highest BCUT2D eigenvalue weighted by Crippen LogP contribution is 2.22. The van der Waals surface area contributed by atoms with Crippen molar-refractivity contribution < 1.29 is 13.7 Å². The molecule has 0 aliphatic carbocycles. The molecule has 0 bridgehead atoms. The number of anilines is 1. The fourth-order valence-electron chi connectivity index (χ4n) is 1.80. The average Bonchev–Trinajstić information content (AvgIpc) is 3.00. The number of hydrogen-bond donors (Lipinski definition) is 1. The first-order valence-electron chi connectivity index (χ1n) is 6.28. The maximum atomic E-state index is 12.9. The lowest BCUT2D eigenvalue weighted by Gasteiger charge is -2.02. The molecule has 0 aliphatic heterocycles. The Morgan fingerprint density at radius 2 is 2.00 bits per heavy atom. The number of hydrogen-bond acceptors (Lipinski definition) is 4. The Morgan fingerprint density at radius 3 is 2.73 bits per heavy atom. The van der Waals surface area contributed by atoms with Gasteiger partial charge in [0.2, 0.25) is 5.76 Å². The van der Waals surface area contributed by atoms with Crippen LogP contribution < -0.4 is 5.32 Å². The lowest BCUT2D eigenvalue weighted by Crippen LogP contribution is -2.11. The quantitative estimate of drug-likeness (QED) is 0.746. The largest absolute Gasteiger partial charge is 0.350 e. The van der Waals surface area contributed by atoms with Crippen molar-refractivity contribution in [1.82, 2.24) is 10.1 Å². The summed E-state index contributed by atoms with van der Waals surface area (Å²) in [7, 11) is 0. The highest BCUT2D eigenvalue weighted by Gasteiger charge is 2.15. The number of pyridine rings is 1. The van der Waals surface area contributed by atoms with E-state index in [9.17, 15) is 9.18 Å². The minimum absolute atomic E-state index is 0.0132. The third-order valence-electron chi connectivity index (χ3n) is 2.88. The Balaban J connectivity index is 1.80. The molecule has 110 valence electrons. The monoisotopic (exact) mass is 317 g/mol. The average molecular weight is 318 g/mol. The van der Waals surface area contributed by atoms with Crippen LogP contribution in [0.15, 0.2) is 53.2 Å². The summed E-state index contributed by atoms with van der Waals surface area (Å²) in [5, 5.41) is 6.54. The summed E-state index contributed by atoms with van der Waals surface area (Å²) in [4.78, 5) is 15.9. The van der Waals surface area contributed by atoms with E-state index in [1.165, 1.54) is 24.4 Å². The van der Waals surface area contributed by atoms with Crippen LogP contribution in [0.4, 0.5) is 10.1 Å². The second-order valence-corrected chi connectivity index (χ2v) is 4.74. The molecule has 0 spiro atoms. The van der Waals surface area contributed by atoms with Crippen LogP contribution in [0.25, 0.3) is 11.3 Å². The van der Waals surface area contributed by atoms with Crippen LogP contribution in [0.2, 0.25) is 5.15 Å². The molecular formula is C15H9ClFN3O2. The molecule has 0 saturated heterocycles. The molecular weight excluding hydrogens is 309 g/mol. The van der Waals surface area contributed by atoms with Gasteiger partial charge in [-0.05, 0) is 36.4 Å². The van der Waals surface area contributed by atoms with Crippen molar-refractivity contribution in [3.8, 4) is 11.3 Å². The van der Waals surface area contributed by atoms with Crippen molar-refractivity contribution in [1.29, 1.82) is 0 Å². The van der Waals surface area contributed by atoms with E-state index in [1.54, 1.807) is 24.3 Å². The predicted octanol–water partition coefficient (Wildman–Crippen LogP) is 3.78. The van der Waals surface area contributed by atoms with E-state index >= 15 is 0 Å². The third-order valence-corrected chi connectivity index (χ3v) is 3.18. The van der Waals surface area contributed by atoms with Gasteiger partial charge in [-0.1, -0.05) is 16.8 Å². The van der Waals surface area contributed by atoms with Gasteiger partial charge in [0.15, 0.2) is 5.15 Å². The molecule has 1 N–H and O–H groups in total. The summed E-state index contributed by atoms with van der Waals surface area (Å²) < 4.78 is 17.9. The lowest BCUT2D eigenvalue weighted by atomic mass is 10.1. The fourth-order valence-corrected chi connectivity index (χ4v) is 1.97. The minimum atomic E-state index is -0.504. The van der Waals surface area contributed by atoms with Crippen LogP contribution in [0.3, 0.4) is 0 Å². The van der Waals surface area contributed by atoms with Gasteiger partial charge < -0.3 is 9.84 Å². The molecule has 0 saturated carbocycles. The summed E-state index contributed by atoms with van der Waals surface area (Å²) in [6.07, 6.45) is 1.51. The number of amides is 1. The van der Waals surface area contributed by atoms with Crippen LogP contribution in [-0.2, 0) is 0 Å².